The van der Waals surface area contributed by atoms with Crippen molar-refractivity contribution in [3.05, 3.63) is 28.2 Å². The Kier molecular flexibility index (Phi) is 5.00. The molecule has 0 heterocycles. The SMILES string of the molecule is Cc1ccc(Br)cc1OCC(=O)N(C)C(C)C. The fraction of sp³-hybridized carbons (Fsp3) is 0.462. The Bertz CT molecular complexity index is 404. The zero-order chi connectivity index (χ0) is 13.0. The number of nitrogens with zero attached hydrogens (tertiary/aromatic N) is 1. The molecule has 0 fully saturated rings. The molecule has 0 aromatic heterocycles. The molecular weight excluding hydrogens is 282 g/mol. The van der Waals surface area contributed by atoms with Crippen molar-refractivity contribution in [2.45, 2.75) is 26.8 Å². The van der Waals surface area contributed by atoms with Crippen molar-refractivity contribution in [1.29, 1.82) is 0 Å². The van der Waals surface area contributed by atoms with Crippen molar-refractivity contribution in [3.63, 3.8) is 0 Å². The minimum absolute atomic E-state index is 0.0145. The highest BCUT2D eigenvalue weighted by Crippen LogP contribution is 2.22. The van der Waals surface area contributed by atoms with Gasteiger partial charge in [-0.25, -0.2) is 0 Å². The third kappa shape index (κ3) is 4.04. The van der Waals surface area contributed by atoms with E-state index in [1.54, 1.807) is 11.9 Å². The van der Waals surface area contributed by atoms with E-state index >= 15 is 0 Å². The van der Waals surface area contributed by atoms with E-state index in [0.29, 0.717) is 0 Å². The molecule has 0 saturated heterocycles. The molecule has 0 N–H and O–H groups in total. The van der Waals surface area contributed by atoms with Gasteiger partial charge in [0.1, 0.15) is 5.75 Å². The Morgan fingerprint density at radius 3 is 2.71 bits per heavy atom. The van der Waals surface area contributed by atoms with Crippen molar-refractivity contribution in [3.8, 4) is 5.75 Å². The number of ether oxygens (including phenoxy) is 1. The summed E-state index contributed by atoms with van der Waals surface area (Å²) in [5, 5.41) is 0. The van der Waals surface area contributed by atoms with Crippen LogP contribution in [0.4, 0.5) is 0 Å². The predicted octanol–water partition coefficient (Wildman–Crippen LogP) is 3.00. The van der Waals surface area contributed by atoms with Gasteiger partial charge in [0.2, 0.25) is 0 Å². The van der Waals surface area contributed by atoms with Gasteiger partial charge in [-0.15, -0.1) is 0 Å². The van der Waals surface area contributed by atoms with Crippen molar-refractivity contribution in [2.24, 2.45) is 0 Å². The van der Waals surface area contributed by atoms with Crippen LogP contribution < -0.4 is 4.74 Å². The van der Waals surface area contributed by atoms with Gasteiger partial charge in [-0.05, 0) is 38.5 Å². The predicted molar refractivity (Wildman–Crippen MR) is 72.3 cm³/mol. The van der Waals surface area contributed by atoms with E-state index in [1.807, 2.05) is 39.0 Å². The summed E-state index contributed by atoms with van der Waals surface area (Å²) in [4.78, 5) is 13.4. The summed E-state index contributed by atoms with van der Waals surface area (Å²) in [7, 11) is 1.78. The van der Waals surface area contributed by atoms with Gasteiger partial charge in [-0.2, -0.15) is 0 Å². The average Bonchev–Trinajstić information content (AvgIpc) is 2.28. The Hall–Kier alpha value is -1.03. The van der Waals surface area contributed by atoms with Gasteiger partial charge in [0.25, 0.3) is 5.91 Å². The zero-order valence-electron chi connectivity index (χ0n) is 10.7. The molecule has 0 saturated carbocycles. The van der Waals surface area contributed by atoms with Gasteiger partial charge in [0, 0.05) is 17.6 Å². The molecule has 0 aliphatic carbocycles. The highest BCUT2D eigenvalue weighted by atomic mass is 79.9. The van der Waals surface area contributed by atoms with E-state index in [4.69, 9.17) is 4.74 Å². The van der Waals surface area contributed by atoms with E-state index in [2.05, 4.69) is 15.9 Å². The maximum atomic E-state index is 11.7. The number of aryl methyl sites for hydroxylation is 1. The molecule has 3 nitrogen and oxygen atoms in total. The average molecular weight is 300 g/mol. The minimum atomic E-state index is -0.0145. The molecular formula is C13H18BrNO2. The molecule has 1 aromatic carbocycles. The van der Waals surface area contributed by atoms with Crippen LogP contribution in [0.5, 0.6) is 5.75 Å². The maximum Gasteiger partial charge on any atom is 0.260 e. The number of carbonyl (C=O) groups excluding carboxylic acids is 1. The minimum Gasteiger partial charge on any atom is -0.483 e. The first-order chi connectivity index (χ1) is 7.91. The first-order valence-corrected chi connectivity index (χ1v) is 6.35. The summed E-state index contributed by atoms with van der Waals surface area (Å²) >= 11 is 3.38. The van der Waals surface area contributed by atoms with E-state index in [-0.39, 0.29) is 18.6 Å². The topological polar surface area (TPSA) is 29.5 Å². The number of carbonyl (C=O) groups is 1. The maximum absolute atomic E-state index is 11.7. The summed E-state index contributed by atoms with van der Waals surface area (Å²) in [6, 6.07) is 5.97. The highest BCUT2D eigenvalue weighted by molar-refractivity contribution is 9.10. The van der Waals surface area contributed by atoms with E-state index in [9.17, 15) is 4.79 Å². The van der Waals surface area contributed by atoms with Gasteiger partial charge < -0.3 is 9.64 Å². The Morgan fingerprint density at radius 1 is 1.47 bits per heavy atom. The van der Waals surface area contributed by atoms with Crippen molar-refractivity contribution < 1.29 is 9.53 Å². The second kappa shape index (κ2) is 6.05. The van der Waals surface area contributed by atoms with Crippen molar-refractivity contribution in [1.82, 2.24) is 4.90 Å². The molecule has 0 radical (unpaired) electrons. The number of benzene rings is 1. The number of hydrogen-bond acceptors (Lipinski definition) is 2. The van der Waals surface area contributed by atoms with Crippen LogP contribution >= 0.6 is 15.9 Å². The molecule has 4 heteroatoms. The molecule has 0 unspecified atom stereocenters. The molecule has 0 spiro atoms. The lowest BCUT2D eigenvalue weighted by atomic mass is 10.2. The van der Waals surface area contributed by atoms with Crippen LogP contribution in [0.2, 0.25) is 0 Å². The third-order valence-corrected chi connectivity index (χ3v) is 3.16. The number of amides is 1. The number of likely N-dealkylation sites (N-methyl/N-ethyl adjacent to an activating group) is 1. The fourth-order valence-electron chi connectivity index (χ4n) is 1.26. The number of halogens is 1. The lowest BCUT2D eigenvalue weighted by Gasteiger charge is -2.21. The lowest BCUT2D eigenvalue weighted by Crippen LogP contribution is -2.36. The van der Waals surface area contributed by atoms with Gasteiger partial charge in [-0.3, -0.25) is 4.79 Å². The second-order valence-corrected chi connectivity index (χ2v) is 5.21. The highest BCUT2D eigenvalue weighted by Gasteiger charge is 2.12. The first kappa shape index (κ1) is 14.0. The summed E-state index contributed by atoms with van der Waals surface area (Å²) < 4.78 is 6.48. The largest absolute Gasteiger partial charge is 0.483 e. The first-order valence-electron chi connectivity index (χ1n) is 5.56. The fourth-order valence-corrected chi connectivity index (χ4v) is 1.60. The van der Waals surface area contributed by atoms with Gasteiger partial charge in [0.05, 0.1) is 0 Å². The molecule has 0 aliphatic heterocycles. The van der Waals surface area contributed by atoms with Gasteiger partial charge in [0.15, 0.2) is 6.61 Å². The van der Waals surface area contributed by atoms with Crippen molar-refractivity contribution >= 4 is 21.8 Å². The molecule has 0 atom stereocenters. The quantitative estimate of drug-likeness (QED) is 0.855. The van der Waals surface area contributed by atoms with E-state index in [0.717, 1.165) is 15.8 Å². The smallest absolute Gasteiger partial charge is 0.260 e. The van der Waals surface area contributed by atoms with Crippen LogP contribution in [0, 0.1) is 6.92 Å². The number of hydrogen-bond donors (Lipinski definition) is 0. The molecule has 0 aliphatic rings. The van der Waals surface area contributed by atoms with Gasteiger partial charge in [-0.1, -0.05) is 22.0 Å². The van der Waals surface area contributed by atoms with Crippen LogP contribution in [0.15, 0.2) is 22.7 Å². The number of rotatable bonds is 4. The molecule has 94 valence electrons. The van der Waals surface area contributed by atoms with Crippen molar-refractivity contribution in [2.75, 3.05) is 13.7 Å². The molecule has 1 aromatic rings. The molecule has 1 rings (SSSR count). The van der Waals surface area contributed by atoms with Crippen LogP contribution in [-0.4, -0.2) is 30.5 Å². The summed E-state index contributed by atoms with van der Waals surface area (Å²) in [6.45, 7) is 5.98. The second-order valence-electron chi connectivity index (χ2n) is 4.30. The van der Waals surface area contributed by atoms with E-state index in [1.165, 1.54) is 0 Å². The summed E-state index contributed by atoms with van der Waals surface area (Å²) in [6.07, 6.45) is 0. The molecule has 17 heavy (non-hydrogen) atoms. The molecule has 1 amide bonds. The Balaban J connectivity index is 2.61. The Labute approximate surface area is 111 Å². The van der Waals surface area contributed by atoms with Crippen LogP contribution in [0.1, 0.15) is 19.4 Å². The lowest BCUT2D eigenvalue weighted by molar-refractivity contribution is -0.133. The Morgan fingerprint density at radius 2 is 2.12 bits per heavy atom. The zero-order valence-corrected chi connectivity index (χ0v) is 12.2. The van der Waals surface area contributed by atoms with Crippen LogP contribution in [0.25, 0.3) is 0 Å². The normalized spacial score (nSPS) is 10.5. The summed E-state index contributed by atoms with van der Waals surface area (Å²) in [5.41, 5.74) is 1.02. The van der Waals surface area contributed by atoms with E-state index < -0.39 is 0 Å². The monoisotopic (exact) mass is 299 g/mol. The van der Waals surface area contributed by atoms with Gasteiger partial charge >= 0.3 is 0 Å². The summed E-state index contributed by atoms with van der Waals surface area (Å²) in [5.74, 6) is 0.726. The van der Waals surface area contributed by atoms with Crippen LogP contribution in [0.3, 0.4) is 0 Å². The third-order valence-electron chi connectivity index (χ3n) is 2.67. The van der Waals surface area contributed by atoms with Crippen LogP contribution in [-0.2, 0) is 4.79 Å². The molecule has 0 bridgehead atoms. The standard InChI is InChI=1S/C13H18BrNO2/c1-9(2)15(4)13(16)8-17-12-7-11(14)6-5-10(12)3/h5-7,9H,8H2,1-4H3.